The second-order valence-corrected chi connectivity index (χ2v) is 6.32. The van der Waals surface area contributed by atoms with E-state index >= 15 is 0 Å². The zero-order chi connectivity index (χ0) is 18.7. The molecule has 1 amide bonds. The number of rotatable bonds is 6. The van der Waals surface area contributed by atoms with E-state index in [2.05, 4.69) is 5.32 Å². The molecule has 26 heavy (non-hydrogen) atoms. The van der Waals surface area contributed by atoms with Gasteiger partial charge in [0.2, 0.25) is 6.10 Å². The number of nitro benzene ring substituents is 1. The predicted octanol–water partition coefficient (Wildman–Crippen LogP) is 3.88. The Morgan fingerprint density at radius 1 is 1.19 bits per heavy atom. The summed E-state index contributed by atoms with van der Waals surface area (Å²) in [6.45, 7) is 0. The van der Waals surface area contributed by atoms with Crippen LogP contribution in [0.2, 0.25) is 5.02 Å². The van der Waals surface area contributed by atoms with Crippen LogP contribution in [0.1, 0.15) is 24.5 Å². The molecule has 134 valence electrons. The molecular formula is C18H15ClN2O5. The lowest BCUT2D eigenvalue weighted by Crippen LogP contribution is -2.26. The number of nitrogens with one attached hydrogen (secondary N) is 1. The average molecular weight is 375 g/mol. The van der Waals surface area contributed by atoms with Crippen LogP contribution in [0, 0.1) is 16.0 Å². The van der Waals surface area contributed by atoms with E-state index in [4.69, 9.17) is 16.3 Å². The molecule has 1 aliphatic rings. The lowest BCUT2D eigenvalue weighted by Gasteiger charge is -2.18. The lowest BCUT2D eigenvalue weighted by atomic mass is 10.1. The molecule has 1 atom stereocenters. The minimum Gasteiger partial charge on any atom is -0.447 e. The predicted molar refractivity (Wildman–Crippen MR) is 94.7 cm³/mol. The smallest absolute Gasteiger partial charge is 0.310 e. The van der Waals surface area contributed by atoms with Crippen LogP contribution in [0.3, 0.4) is 0 Å². The van der Waals surface area contributed by atoms with Crippen LogP contribution in [0.15, 0.2) is 48.5 Å². The number of esters is 1. The van der Waals surface area contributed by atoms with Crippen molar-refractivity contribution in [1.82, 2.24) is 0 Å². The summed E-state index contributed by atoms with van der Waals surface area (Å²) in [5.41, 5.74) is 0.382. The first-order valence-electron chi connectivity index (χ1n) is 7.96. The van der Waals surface area contributed by atoms with Gasteiger partial charge >= 0.3 is 5.97 Å². The van der Waals surface area contributed by atoms with Crippen LogP contribution in [-0.2, 0) is 14.3 Å². The number of hydrogen-bond donors (Lipinski definition) is 1. The highest BCUT2D eigenvalue weighted by Gasteiger charge is 2.35. The third-order valence-corrected chi connectivity index (χ3v) is 4.22. The van der Waals surface area contributed by atoms with E-state index in [9.17, 15) is 19.7 Å². The Bertz CT molecular complexity index is 852. The molecule has 1 N–H and O–H groups in total. The number of hydrogen-bond acceptors (Lipinski definition) is 5. The third-order valence-electron chi connectivity index (χ3n) is 3.90. The minimum atomic E-state index is -1.14. The van der Waals surface area contributed by atoms with Crippen LogP contribution >= 0.6 is 11.6 Å². The van der Waals surface area contributed by atoms with E-state index in [1.165, 1.54) is 12.1 Å². The zero-order valence-electron chi connectivity index (χ0n) is 13.6. The van der Waals surface area contributed by atoms with Crippen molar-refractivity contribution < 1.29 is 19.2 Å². The molecule has 0 saturated heterocycles. The van der Waals surface area contributed by atoms with E-state index < -0.39 is 22.9 Å². The van der Waals surface area contributed by atoms with Crippen molar-refractivity contribution in [3.63, 3.8) is 0 Å². The van der Waals surface area contributed by atoms with E-state index in [1.54, 1.807) is 30.3 Å². The molecule has 0 radical (unpaired) electrons. The summed E-state index contributed by atoms with van der Waals surface area (Å²) in [5.74, 6) is -1.18. The van der Waals surface area contributed by atoms with Gasteiger partial charge in [-0.2, -0.15) is 0 Å². The van der Waals surface area contributed by atoms with Crippen LogP contribution < -0.4 is 5.32 Å². The third kappa shape index (κ3) is 4.18. The minimum absolute atomic E-state index is 0.0345. The highest BCUT2D eigenvalue weighted by molar-refractivity contribution is 6.32. The Morgan fingerprint density at radius 3 is 2.50 bits per heavy atom. The summed E-state index contributed by atoms with van der Waals surface area (Å²) in [6.07, 6.45) is 0.371. The zero-order valence-corrected chi connectivity index (χ0v) is 14.3. The van der Waals surface area contributed by atoms with Gasteiger partial charge in [0.25, 0.3) is 11.6 Å². The second kappa shape index (κ2) is 7.53. The quantitative estimate of drug-likeness (QED) is 0.470. The Hall–Kier alpha value is -2.93. The number of benzene rings is 2. The fourth-order valence-electron chi connectivity index (χ4n) is 2.37. The molecule has 2 aromatic rings. The molecule has 1 saturated carbocycles. The highest BCUT2D eigenvalue weighted by Crippen LogP contribution is 2.33. The van der Waals surface area contributed by atoms with Gasteiger partial charge in [0, 0.05) is 17.3 Å². The Labute approximate surface area is 154 Å². The van der Waals surface area contributed by atoms with Crippen molar-refractivity contribution in [2.24, 2.45) is 5.92 Å². The molecule has 2 aromatic carbocycles. The van der Waals surface area contributed by atoms with Gasteiger partial charge in [0.1, 0.15) is 5.02 Å². The molecule has 1 aliphatic carbocycles. The summed E-state index contributed by atoms with van der Waals surface area (Å²) in [4.78, 5) is 35.0. The van der Waals surface area contributed by atoms with E-state index in [0.717, 1.165) is 18.9 Å². The number of carbonyl (C=O) groups excluding carboxylic acids is 2. The highest BCUT2D eigenvalue weighted by atomic mass is 35.5. The molecule has 1 fully saturated rings. The van der Waals surface area contributed by atoms with Crippen molar-refractivity contribution in [1.29, 1.82) is 0 Å². The number of nitro groups is 1. The molecule has 3 rings (SSSR count). The van der Waals surface area contributed by atoms with Gasteiger partial charge < -0.3 is 10.1 Å². The number of amides is 1. The summed E-state index contributed by atoms with van der Waals surface area (Å²) >= 11 is 5.77. The van der Waals surface area contributed by atoms with Crippen molar-refractivity contribution >= 4 is 34.9 Å². The Balaban J connectivity index is 1.82. The number of nitrogens with zero attached hydrogens (tertiary/aromatic N) is 1. The molecule has 0 unspecified atom stereocenters. The van der Waals surface area contributed by atoms with Crippen LogP contribution in [0.25, 0.3) is 0 Å². The monoisotopic (exact) mass is 374 g/mol. The van der Waals surface area contributed by atoms with Gasteiger partial charge in [-0.25, -0.2) is 0 Å². The molecule has 0 aromatic heterocycles. The normalized spacial score (nSPS) is 14.3. The fourth-order valence-corrected chi connectivity index (χ4v) is 2.56. The van der Waals surface area contributed by atoms with E-state index in [-0.39, 0.29) is 22.3 Å². The maximum Gasteiger partial charge on any atom is 0.310 e. The lowest BCUT2D eigenvalue weighted by molar-refractivity contribution is -0.384. The van der Waals surface area contributed by atoms with Gasteiger partial charge in [-0.15, -0.1) is 0 Å². The number of halogens is 1. The first-order chi connectivity index (χ1) is 12.5. The van der Waals surface area contributed by atoms with Gasteiger partial charge in [0.15, 0.2) is 0 Å². The molecule has 8 heteroatoms. The van der Waals surface area contributed by atoms with Crippen LogP contribution in [0.5, 0.6) is 0 Å². The topological polar surface area (TPSA) is 98.5 Å². The molecule has 7 nitrogen and oxygen atoms in total. The van der Waals surface area contributed by atoms with Gasteiger partial charge in [-0.3, -0.25) is 19.7 Å². The van der Waals surface area contributed by atoms with Crippen molar-refractivity contribution in [2.45, 2.75) is 18.9 Å². The average Bonchev–Trinajstić information content (AvgIpc) is 3.46. The summed E-state index contributed by atoms with van der Waals surface area (Å²) in [7, 11) is 0. The number of anilines is 1. The number of ether oxygens (including phenoxy) is 1. The first-order valence-corrected chi connectivity index (χ1v) is 8.34. The largest absolute Gasteiger partial charge is 0.447 e. The Kier molecular flexibility index (Phi) is 5.18. The van der Waals surface area contributed by atoms with Crippen molar-refractivity contribution in [3.05, 3.63) is 69.2 Å². The molecule has 0 heterocycles. The summed E-state index contributed by atoms with van der Waals surface area (Å²) in [5, 5.41) is 13.5. The van der Waals surface area contributed by atoms with E-state index in [1.807, 2.05) is 0 Å². The Morgan fingerprint density at radius 2 is 1.88 bits per heavy atom. The molecule has 0 aliphatic heterocycles. The van der Waals surface area contributed by atoms with Gasteiger partial charge in [-0.05, 0) is 25.0 Å². The molecule has 0 bridgehead atoms. The van der Waals surface area contributed by atoms with E-state index in [0.29, 0.717) is 5.56 Å². The van der Waals surface area contributed by atoms with Crippen molar-refractivity contribution in [2.75, 3.05) is 5.32 Å². The number of carbonyl (C=O) groups is 2. The maximum atomic E-state index is 12.7. The maximum absolute atomic E-state index is 12.7. The SMILES string of the molecule is O=C(O[C@H](C(=O)Nc1ccc(Cl)c([N+](=O)[O-])c1)c1ccccc1)C1CC1. The standard InChI is InChI=1S/C18H15ClN2O5/c19-14-9-8-13(10-15(14)21(24)25)20-17(22)16(11-4-2-1-3-5-11)26-18(23)12-6-7-12/h1-5,8-10,12,16H,6-7H2,(H,20,22)/t16-/m0/s1. The second-order valence-electron chi connectivity index (χ2n) is 5.91. The molecular weight excluding hydrogens is 360 g/mol. The fraction of sp³-hybridized carbons (Fsp3) is 0.222. The summed E-state index contributed by atoms with van der Waals surface area (Å²) in [6, 6.07) is 12.5. The summed E-state index contributed by atoms with van der Waals surface area (Å²) < 4.78 is 5.38. The van der Waals surface area contributed by atoms with Crippen LogP contribution in [-0.4, -0.2) is 16.8 Å². The van der Waals surface area contributed by atoms with Crippen molar-refractivity contribution in [3.8, 4) is 0 Å². The van der Waals surface area contributed by atoms with Gasteiger partial charge in [-0.1, -0.05) is 41.9 Å². The van der Waals surface area contributed by atoms with Gasteiger partial charge in [0.05, 0.1) is 10.8 Å². The van der Waals surface area contributed by atoms with Crippen LogP contribution in [0.4, 0.5) is 11.4 Å². The molecule has 0 spiro atoms. The first kappa shape index (κ1) is 17.9.